The summed E-state index contributed by atoms with van der Waals surface area (Å²) in [6, 6.07) is 7.44. The van der Waals surface area contributed by atoms with Crippen LogP contribution in [-0.2, 0) is 5.41 Å². The van der Waals surface area contributed by atoms with Gasteiger partial charge >= 0.3 is 0 Å². The Morgan fingerprint density at radius 3 is 1.78 bits per heavy atom. The van der Waals surface area contributed by atoms with Crippen molar-refractivity contribution < 1.29 is 4.79 Å². The molecule has 23 heavy (non-hydrogen) atoms. The maximum absolute atomic E-state index is 12.4. The van der Waals surface area contributed by atoms with Gasteiger partial charge < -0.3 is 5.32 Å². The monoisotopic (exact) mass is 378 g/mol. The molecule has 3 nitrogen and oxygen atoms in total. The van der Waals surface area contributed by atoms with Crippen molar-refractivity contribution in [1.29, 1.82) is 0 Å². The molecule has 0 aliphatic rings. The number of halogens is 3. The van der Waals surface area contributed by atoms with Crippen molar-refractivity contribution in [1.82, 2.24) is 10.6 Å². The van der Waals surface area contributed by atoms with Crippen molar-refractivity contribution >= 4 is 40.7 Å². The Morgan fingerprint density at radius 1 is 0.957 bits per heavy atom. The zero-order valence-corrected chi connectivity index (χ0v) is 16.7. The Hall–Kier alpha value is -0.480. The van der Waals surface area contributed by atoms with Gasteiger partial charge in [0.25, 0.3) is 5.91 Å². The fourth-order valence-corrected chi connectivity index (χ4v) is 2.30. The van der Waals surface area contributed by atoms with Crippen LogP contribution in [0.1, 0.15) is 57.5 Å². The van der Waals surface area contributed by atoms with E-state index in [1.165, 1.54) is 0 Å². The lowest BCUT2D eigenvalue weighted by Gasteiger charge is -2.33. The fraction of sp³-hybridized carbons (Fsp3) is 0.588. The van der Waals surface area contributed by atoms with Gasteiger partial charge in [0.1, 0.15) is 6.17 Å². The third kappa shape index (κ3) is 6.88. The van der Waals surface area contributed by atoms with Crippen LogP contribution in [0.3, 0.4) is 0 Å². The fourth-order valence-electron chi connectivity index (χ4n) is 1.97. The standard InChI is InChI=1S/C17H25Cl3N2O/c1-15(2,3)12-9-7-11(8-10-12)13(23)21-14(17(18,19)20)22-16(4,5)6/h7-10,14,22H,1-6H3,(H,21,23)/t14-/m1/s1. The molecule has 2 N–H and O–H groups in total. The second kappa shape index (κ2) is 7.18. The average Bonchev–Trinajstić information content (AvgIpc) is 2.34. The van der Waals surface area contributed by atoms with Gasteiger partial charge in [-0.2, -0.15) is 0 Å². The molecule has 1 aromatic rings. The van der Waals surface area contributed by atoms with Gasteiger partial charge in [-0.15, -0.1) is 0 Å². The zero-order valence-electron chi connectivity index (χ0n) is 14.4. The van der Waals surface area contributed by atoms with Gasteiger partial charge in [-0.1, -0.05) is 67.7 Å². The molecule has 1 rings (SSSR count). The predicted octanol–water partition coefficient (Wildman–Crippen LogP) is 4.80. The first-order chi connectivity index (χ1) is 10.2. The first-order valence-corrected chi connectivity index (χ1v) is 8.59. The van der Waals surface area contributed by atoms with Gasteiger partial charge in [0.15, 0.2) is 0 Å². The van der Waals surface area contributed by atoms with Gasteiger partial charge in [0.05, 0.1) is 0 Å². The topological polar surface area (TPSA) is 41.1 Å². The average molecular weight is 380 g/mol. The number of nitrogens with one attached hydrogen (secondary N) is 2. The number of hydrogen-bond acceptors (Lipinski definition) is 2. The number of carbonyl (C=O) groups excluding carboxylic acids is 1. The van der Waals surface area contributed by atoms with Crippen LogP contribution in [0, 0.1) is 0 Å². The van der Waals surface area contributed by atoms with Crippen molar-refractivity contribution in [3.63, 3.8) is 0 Å². The SMILES string of the molecule is CC(C)(C)N[C@@H](NC(=O)c1ccc(C(C)(C)C)cc1)C(Cl)(Cl)Cl. The van der Waals surface area contributed by atoms with Crippen LogP contribution >= 0.6 is 34.8 Å². The minimum Gasteiger partial charge on any atom is -0.333 e. The van der Waals surface area contributed by atoms with E-state index in [1.807, 2.05) is 32.9 Å². The number of hydrogen-bond donors (Lipinski definition) is 2. The molecule has 6 heteroatoms. The highest BCUT2D eigenvalue weighted by molar-refractivity contribution is 6.68. The van der Waals surface area contributed by atoms with Gasteiger partial charge in [-0.05, 0) is 43.9 Å². The van der Waals surface area contributed by atoms with Crippen LogP contribution in [0.5, 0.6) is 0 Å². The maximum Gasteiger partial charge on any atom is 0.252 e. The molecule has 0 spiro atoms. The molecule has 0 saturated heterocycles. The lowest BCUT2D eigenvalue weighted by Crippen LogP contribution is -2.58. The van der Waals surface area contributed by atoms with Gasteiger partial charge in [0.2, 0.25) is 3.79 Å². The summed E-state index contributed by atoms with van der Waals surface area (Å²) in [6.07, 6.45) is -0.803. The Kier molecular flexibility index (Phi) is 6.42. The number of benzene rings is 1. The molecule has 0 aromatic heterocycles. The first-order valence-electron chi connectivity index (χ1n) is 7.46. The van der Waals surface area contributed by atoms with Gasteiger partial charge in [-0.3, -0.25) is 10.1 Å². The maximum atomic E-state index is 12.4. The molecule has 1 atom stereocenters. The number of carbonyl (C=O) groups is 1. The summed E-state index contributed by atoms with van der Waals surface area (Å²) in [6.45, 7) is 12.2. The molecule has 0 aliphatic heterocycles. The second-order valence-electron chi connectivity index (χ2n) is 7.67. The van der Waals surface area contributed by atoms with Crippen LogP contribution in [0.25, 0.3) is 0 Å². The molecule has 130 valence electrons. The summed E-state index contributed by atoms with van der Waals surface area (Å²) >= 11 is 17.9. The molecule has 0 aliphatic carbocycles. The zero-order chi connectivity index (χ0) is 18.1. The summed E-state index contributed by atoms with van der Waals surface area (Å²) in [5.41, 5.74) is 1.38. The molecule has 0 bridgehead atoms. The molecule has 0 saturated carbocycles. The van der Waals surface area contributed by atoms with Crippen LogP contribution in [0.15, 0.2) is 24.3 Å². The number of amides is 1. The van der Waals surface area contributed by atoms with Crippen LogP contribution in [0.4, 0.5) is 0 Å². The Balaban J connectivity index is 2.91. The molecular formula is C17H25Cl3N2O. The Bertz CT molecular complexity index is 537. The van der Waals surface area contributed by atoms with E-state index < -0.39 is 9.96 Å². The predicted molar refractivity (Wildman–Crippen MR) is 99.6 cm³/mol. The van der Waals surface area contributed by atoms with Crippen molar-refractivity contribution in [3.05, 3.63) is 35.4 Å². The van der Waals surface area contributed by atoms with E-state index in [9.17, 15) is 4.79 Å². The smallest absolute Gasteiger partial charge is 0.252 e. The molecule has 0 radical (unpaired) electrons. The van der Waals surface area contributed by atoms with Crippen LogP contribution < -0.4 is 10.6 Å². The van der Waals surface area contributed by atoms with E-state index in [-0.39, 0.29) is 16.9 Å². The van der Waals surface area contributed by atoms with E-state index in [0.29, 0.717) is 5.56 Å². The highest BCUT2D eigenvalue weighted by Crippen LogP contribution is 2.30. The molecule has 0 heterocycles. The Morgan fingerprint density at radius 2 is 1.43 bits per heavy atom. The van der Waals surface area contributed by atoms with E-state index >= 15 is 0 Å². The lowest BCUT2D eigenvalue weighted by atomic mass is 9.87. The first kappa shape index (κ1) is 20.6. The van der Waals surface area contributed by atoms with Crippen molar-refractivity contribution in [3.8, 4) is 0 Å². The van der Waals surface area contributed by atoms with Crippen LogP contribution in [0.2, 0.25) is 0 Å². The molecule has 1 amide bonds. The molecule has 0 unspecified atom stereocenters. The number of rotatable bonds is 3. The molecule has 0 fully saturated rings. The lowest BCUT2D eigenvalue weighted by molar-refractivity contribution is 0.0922. The third-order valence-corrected chi connectivity index (χ3v) is 3.85. The minimum absolute atomic E-state index is 0.0307. The summed E-state index contributed by atoms with van der Waals surface area (Å²) in [7, 11) is 0. The quantitative estimate of drug-likeness (QED) is 0.585. The normalized spacial score (nSPS) is 14.5. The van der Waals surface area contributed by atoms with Crippen molar-refractivity contribution in [2.45, 2.75) is 62.5 Å². The van der Waals surface area contributed by atoms with Gasteiger partial charge in [-0.25, -0.2) is 0 Å². The Labute approximate surface area is 154 Å². The minimum atomic E-state index is -1.66. The highest BCUT2D eigenvalue weighted by Gasteiger charge is 2.36. The molecular weight excluding hydrogens is 355 g/mol. The second-order valence-corrected chi connectivity index (χ2v) is 10.0. The van der Waals surface area contributed by atoms with Crippen molar-refractivity contribution in [2.24, 2.45) is 0 Å². The van der Waals surface area contributed by atoms with E-state index in [2.05, 4.69) is 31.4 Å². The van der Waals surface area contributed by atoms with Gasteiger partial charge in [0, 0.05) is 11.1 Å². The largest absolute Gasteiger partial charge is 0.333 e. The summed E-state index contributed by atoms with van der Waals surface area (Å²) in [4.78, 5) is 12.4. The van der Waals surface area contributed by atoms with E-state index in [4.69, 9.17) is 34.8 Å². The van der Waals surface area contributed by atoms with Crippen LogP contribution in [-0.4, -0.2) is 21.4 Å². The van der Waals surface area contributed by atoms with E-state index in [1.54, 1.807) is 12.1 Å². The summed E-state index contributed by atoms with van der Waals surface area (Å²) in [5, 5.41) is 5.85. The summed E-state index contributed by atoms with van der Waals surface area (Å²) in [5.74, 6) is -0.293. The van der Waals surface area contributed by atoms with Crippen molar-refractivity contribution in [2.75, 3.05) is 0 Å². The third-order valence-electron chi connectivity index (χ3n) is 3.19. The summed E-state index contributed by atoms with van der Waals surface area (Å²) < 4.78 is -1.66. The number of alkyl halides is 3. The van der Waals surface area contributed by atoms with E-state index in [0.717, 1.165) is 5.56 Å². The molecule has 1 aromatic carbocycles. The highest BCUT2D eigenvalue weighted by atomic mass is 35.6.